The molecule has 0 aliphatic carbocycles. The van der Waals surface area contributed by atoms with E-state index in [1.807, 2.05) is 37.3 Å². The van der Waals surface area contributed by atoms with Gasteiger partial charge in [0.1, 0.15) is 35.5 Å². The molecule has 0 spiro atoms. The zero-order valence-corrected chi connectivity index (χ0v) is 17.9. The predicted octanol–water partition coefficient (Wildman–Crippen LogP) is 3.84. The molecule has 0 amide bonds. The number of nitrogens with two attached hydrogens (primary N) is 1. The van der Waals surface area contributed by atoms with Crippen LogP contribution in [0.3, 0.4) is 0 Å². The summed E-state index contributed by atoms with van der Waals surface area (Å²) in [7, 11) is 2.85. The number of benzene rings is 2. The van der Waals surface area contributed by atoms with Gasteiger partial charge in [0.25, 0.3) is 0 Å². The van der Waals surface area contributed by atoms with Crippen molar-refractivity contribution in [2.24, 2.45) is 5.73 Å². The predicted molar refractivity (Wildman–Crippen MR) is 114 cm³/mol. The maximum Gasteiger partial charge on any atom is 0.338 e. The van der Waals surface area contributed by atoms with E-state index in [0.29, 0.717) is 17.1 Å². The van der Waals surface area contributed by atoms with Gasteiger partial charge in [-0.1, -0.05) is 23.8 Å². The van der Waals surface area contributed by atoms with Crippen LogP contribution in [0.15, 0.2) is 65.3 Å². The number of esters is 1. The van der Waals surface area contributed by atoms with E-state index in [9.17, 15) is 10.1 Å². The van der Waals surface area contributed by atoms with Crippen molar-refractivity contribution in [3.05, 3.63) is 81.9 Å². The normalized spacial score (nSPS) is 15.8. The fraction of sp³-hybridized carbons (Fsp3) is 0.250. The molecule has 1 aliphatic heterocycles. The molecule has 31 heavy (non-hydrogen) atoms. The van der Waals surface area contributed by atoms with Gasteiger partial charge in [-0.25, -0.2) is 4.79 Å². The first-order chi connectivity index (χ1) is 14.9. The Bertz CT molecular complexity index is 1090. The molecule has 1 atom stereocenters. The van der Waals surface area contributed by atoms with Gasteiger partial charge in [-0.15, -0.1) is 0 Å². The third-order valence-corrected chi connectivity index (χ3v) is 5.06. The summed E-state index contributed by atoms with van der Waals surface area (Å²) in [4.78, 5) is 12.5. The number of hydrogen-bond donors (Lipinski definition) is 1. The van der Waals surface area contributed by atoms with Crippen molar-refractivity contribution < 1.29 is 23.7 Å². The Kier molecular flexibility index (Phi) is 6.51. The smallest absolute Gasteiger partial charge is 0.338 e. The van der Waals surface area contributed by atoms with Gasteiger partial charge in [-0.05, 0) is 43.7 Å². The first-order valence-corrected chi connectivity index (χ1v) is 9.62. The molecule has 1 heterocycles. The molecule has 0 radical (unpaired) electrons. The quantitative estimate of drug-likeness (QED) is 0.708. The van der Waals surface area contributed by atoms with Crippen molar-refractivity contribution in [1.82, 2.24) is 0 Å². The highest BCUT2D eigenvalue weighted by Gasteiger charge is 2.36. The minimum atomic E-state index is -0.727. The molecule has 0 aromatic heterocycles. The van der Waals surface area contributed by atoms with Gasteiger partial charge in [-0.2, -0.15) is 5.26 Å². The van der Waals surface area contributed by atoms with Gasteiger partial charge in [0.2, 0.25) is 5.88 Å². The third-order valence-electron chi connectivity index (χ3n) is 5.06. The van der Waals surface area contributed by atoms with Crippen LogP contribution in [-0.2, 0) is 20.9 Å². The second kappa shape index (κ2) is 9.26. The standard InChI is InChI=1S/C24H24N2O5/c1-14-5-8-18(9-6-14)30-13-17-11-16(7-10-20(17)28-3)22-19(12-25)23(26)31-15(2)21(22)24(27)29-4/h5-11,22H,13,26H2,1-4H3/t22-/m1/s1. The van der Waals surface area contributed by atoms with Gasteiger partial charge < -0.3 is 24.7 Å². The summed E-state index contributed by atoms with van der Waals surface area (Å²) in [5.41, 5.74) is 8.88. The van der Waals surface area contributed by atoms with E-state index in [-0.39, 0.29) is 23.6 Å². The minimum Gasteiger partial charge on any atom is -0.496 e. The second-order valence-corrected chi connectivity index (χ2v) is 7.06. The minimum absolute atomic E-state index is 0.0362. The molecule has 2 aromatic carbocycles. The summed E-state index contributed by atoms with van der Waals surface area (Å²) in [5, 5.41) is 9.70. The van der Waals surface area contributed by atoms with Crippen molar-refractivity contribution in [1.29, 1.82) is 5.26 Å². The van der Waals surface area contributed by atoms with E-state index in [4.69, 9.17) is 24.7 Å². The van der Waals surface area contributed by atoms with Crippen molar-refractivity contribution in [3.8, 4) is 17.6 Å². The highest BCUT2D eigenvalue weighted by atomic mass is 16.5. The number of methoxy groups -OCH3 is 2. The number of nitriles is 1. The molecule has 2 N–H and O–H groups in total. The van der Waals surface area contributed by atoms with Gasteiger partial charge >= 0.3 is 5.97 Å². The highest BCUT2D eigenvalue weighted by molar-refractivity contribution is 5.92. The molecule has 0 unspecified atom stereocenters. The molecular weight excluding hydrogens is 396 g/mol. The van der Waals surface area contributed by atoms with Crippen LogP contribution < -0.4 is 15.2 Å². The van der Waals surface area contributed by atoms with Crippen LogP contribution in [-0.4, -0.2) is 20.2 Å². The SMILES string of the molecule is COC(=O)C1=C(C)OC(N)=C(C#N)[C@H]1c1ccc(OC)c(COc2ccc(C)cc2)c1. The van der Waals surface area contributed by atoms with E-state index in [2.05, 4.69) is 6.07 Å². The van der Waals surface area contributed by atoms with E-state index in [0.717, 1.165) is 16.9 Å². The number of aryl methyl sites for hydroxylation is 1. The van der Waals surface area contributed by atoms with E-state index in [1.165, 1.54) is 7.11 Å². The summed E-state index contributed by atoms with van der Waals surface area (Å²) in [6, 6.07) is 15.2. The first kappa shape index (κ1) is 21.8. The van der Waals surface area contributed by atoms with Gasteiger partial charge in [0.05, 0.1) is 25.7 Å². The third kappa shape index (κ3) is 4.48. The van der Waals surface area contributed by atoms with E-state index < -0.39 is 11.9 Å². The van der Waals surface area contributed by atoms with Crippen LogP contribution in [0.5, 0.6) is 11.5 Å². The Morgan fingerprint density at radius 1 is 1.16 bits per heavy atom. The van der Waals surface area contributed by atoms with Gasteiger partial charge in [0, 0.05) is 5.56 Å². The number of carbonyl (C=O) groups excluding carboxylic acids is 1. The molecule has 7 heteroatoms. The number of nitrogens with zero attached hydrogens (tertiary/aromatic N) is 1. The Morgan fingerprint density at radius 2 is 1.87 bits per heavy atom. The Labute approximate surface area is 181 Å². The molecule has 2 aromatic rings. The summed E-state index contributed by atoms with van der Waals surface area (Å²) >= 11 is 0. The van der Waals surface area contributed by atoms with Crippen LogP contribution in [0.2, 0.25) is 0 Å². The lowest BCUT2D eigenvalue weighted by molar-refractivity contribution is -0.136. The summed E-state index contributed by atoms with van der Waals surface area (Å²) in [6.45, 7) is 3.86. The largest absolute Gasteiger partial charge is 0.496 e. The number of rotatable bonds is 6. The molecule has 3 rings (SSSR count). The maximum atomic E-state index is 12.5. The summed E-state index contributed by atoms with van der Waals surface area (Å²) in [6.07, 6.45) is 0. The molecule has 7 nitrogen and oxygen atoms in total. The number of ether oxygens (including phenoxy) is 4. The molecule has 0 saturated heterocycles. The monoisotopic (exact) mass is 420 g/mol. The lowest BCUT2D eigenvalue weighted by Crippen LogP contribution is -2.25. The Morgan fingerprint density at radius 3 is 2.48 bits per heavy atom. The second-order valence-electron chi connectivity index (χ2n) is 7.06. The van der Waals surface area contributed by atoms with Crippen LogP contribution in [0.25, 0.3) is 0 Å². The topological polar surface area (TPSA) is 104 Å². The van der Waals surface area contributed by atoms with Crippen LogP contribution in [0.4, 0.5) is 0 Å². The fourth-order valence-electron chi connectivity index (χ4n) is 3.48. The van der Waals surface area contributed by atoms with E-state index in [1.54, 1.807) is 26.2 Å². The van der Waals surface area contributed by atoms with Crippen LogP contribution in [0, 0.1) is 18.3 Å². The lowest BCUT2D eigenvalue weighted by Gasteiger charge is -2.27. The zero-order chi connectivity index (χ0) is 22.5. The van der Waals surface area contributed by atoms with E-state index >= 15 is 0 Å². The van der Waals surface area contributed by atoms with Crippen LogP contribution in [0.1, 0.15) is 29.5 Å². The lowest BCUT2D eigenvalue weighted by atomic mass is 9.82. The number of allylic oxidation sites excluding steroid dienone is 2. The molecule has 0 bridgehead atoms. The number of carbonyl (C=O) groups is 1. The summed E-state index contributed by atoms with van der Waals surface area (Å²) < 4.78 is 21.8. The Hall–Kier alpha value is -3.92. The molecule has 0 saturated carbocycles. The van der Waals surface area contributed by atoms with Crippen molar-refractivity contribution >= 4 is 5.97 Å². The van der Waals surface area contributed by atoms with Gasteiger partial charge in [-0.3, -0.25) is 0 Å². The zero-order valence-electron chi connectivity index (χ0n) is 17.9. The van der Waals surface area contributed by atoms with Crippen molar-refractivity contribution in [3.63, 3.8) is 0 Å². The first-order valence-electron chi connectivity index (χ1n) is 9.62. The molecular formula is C24H24N2O5. The van der Waals surface area contributed by atoms with Crippen molar-refractivity contribution in [2.75, 3.05) is 14.2 Å². The average molecular weight is 420 g/mol. The molecule has 1 aliphatic rings. The highest BCUT2D eigenvalue weighted by Crippen LogP contribution is 2.40. The average Bonchev–Trinajstić information content (AvgIpc) is 2.77. The maximum absolute atomic E-state index is 12.5. The van der Waals surface area contributed by atoms with Gasteiger partial charge in [0.15, 0.2) is 0 Å². The van der Waals surface area contributed by atoms with Crippen LogP contribution >= 0.6 is 0 Å². The van der Waals surface area contributed by atoms with Crippen molar-refractivity contribution in [2.45, 2.75) is 26.4 Å². The number of hydrogen-bond acceptors (Lipinski definition) is 7. The summed E-state index contributed by atoms with van der Waals surface area (Å²) in [5.74, 6) is 0.287. The molecule has 0 fully saturated rings. The molecule has 160 valence electrons. The fourth-order valence-corrected chi connectivity index (χ4v) is 3.48. The Balaban J connectivity index is 2.02.